The summed E-state index contributed by atoms with van der Waals surface area (Å²) in [5.74, 6) is 0.717. The summed E-state index contributed by atoms with van der Waals surface area (Å²) in [4.78, 5) is 6.84. The van der Waals surface area contributed by atoms with Gasteiger partial charge in [-0.2, -0.15) is 0 Å². The lowest BCUT2D eigenvalue weighted by atomic mass is 10.0. The van der Waals surface area contributed by atoms with E-state index in [1.807, 2.05) is 6.20 Å². The SMILES string of the molecule is Cc1cnc2c(c1)CN(CCCl)CC2. The van der Waals surface area contributed by atoms with Gasteiger partial charge in [0.05, 0.1) is 0 Å². The first-order chi connectivity index (χ1) is 6.79. The summed E-state index contributed by atoms with van der Waals surface area (Å²) in [6.07, 6.45) is 3.02. The van der Waals surface area contributed by atoms with Crippen LogP contribution in [0.25, 0.3) is 0 Å². The molecule has 0 atom stereocenters. The first-order valence-electron chi connectivity index (χ1n) is 5.02. The molecule has 1 aromatic rings. The number of halogens is 1. The van der Waals surface area contributed by atoms with Crippen molar-refractivity contribution in [1.29, 1.82) is 0 Å². The smallest absolute Gasteiger partial charge is 0.0461 e. The lowest BCUT2D eigenvalue weighted by Gasteiger charge is -2.27. The molecular formula is C11H15ClN2. The van der Waals surface area contributed by atoms with E-state index in [4.69, 9.17) is 11.6 Å². The van der Waals surface area contributed by atoms with Gasteiger partial charge in [0.2, 0.25) is 0 Å². The van der Waals surface area contributed by atoms with Gasteiger partial charge in [0.1, 0.15) is 0 Å². The van der Waals surface area contributed by atoms with Crippen LogP contribution in [0.4, 0.5) is 0 Å². The van der Waals surface area contributed by atoms with E-state index in [1.54, 1.807) is 0 Å². The Labute approximate surface area is 89.9 Å². The summed E-state index contributed by atoms with van der Waals surface area (Å²) in [6, 6.07) is 2.24. The highest BCUT2D eigenvalue weighted by Gasteiger charge is 2.16. The van der Waals surface area contributed by atoms with Crippen LogP contribution in [-0.4, -0.2) is 28.9 Å². The van der Waals surface area contributed by atoms with Crippen molar-refractivity contribution in [3.63, 3.8) is 0 Å². The maximum atomic E-state index is 5.74. The van der Waals surface area contributed by atoms with Gasteiger partial charge in [0.15, 0.2) is 0 Å². The van der Waals surface area contributed by atoms with Crippen LogP contribution in [0.2, 0.25) is 0 Å². The fourth-order valence-electron chi connectivity index (χ4n) is 1.91. The number of hydrogen-bond donors (Lipinski definition) is 0. The number of pyridine rings is 1. The molecule has 0 fully saturated rings. The third-order valence-corrected chi connectivity index (χ3v) is 2.83. The number of nitrogens with zero attached hydrogens (tertiary/aromatic N) is 2. The van der Waals surface area contributed by atoms with E-state index in [0.717, 1.165) is 26.1 Å². The summed E-state index contributed by atoms with van der Waals surface area (Å²) in [5, 5.41) is 0. The molecule has 1 aromatic heterocycles. The topological polar surface area (TPSA) is 16.1 Å². The number of aromatic nitrogens is 1. The predicted octanol–water partition coefficient (Wildman–Crippen LogP) is 1.99. The zero-order valence-corrected chi connectivity index (χ0v) is 9.22. The molecule has 0 saturated carbocycles. The third kappa shape index (κ3) is 2.07. The molecule has 0 radical (unpaired) electrons. The summed E-state index contributed by atoms with van der Waals surface area (Å²) in [7, 11) is 0. The van der Waals surface area contributed by atoms with Crippen LogP contribution in [0, 0.1) is 6.92 Å². The van der Waals surface area contributed by atoms with Crippen molar-refractivity contribution in [3.8, 4) is 0 Å². The van der Waals surface area contributed by atoms with Gasteiger partial charge in [-0.3, -0.25) is 9.88 Å². The molecule has 14 heavy (non-hydrogen) atoms. The molecular weight excluding hydrogens is 196 g/mol. The Morgan fingerprint density at radius 3 is 3.21 bits per heavy atom. The molecule has 0 bridgehead atoms. The van der Waals surface area contributed by atoms with Crippen molar-refractivity contribution in [2.24, 2.45) is 0 Å². The molecule has 1 aliphatic heterocycles. The molecule has 1 aliphatic rings. The Balaban J connectivity index is 2.16. The zero-order chi connectivity index (χ0) is 9.97. The summed E-state index contributed by atoms with van der Waals surface area (Å²) < 4.78 is 0. The Bertz CT molecular complexity index is 325. The van der Waals surface area contributed by atoms with E-state index in [-0.39, 0.29) is 0 Å². The minimum atomic E-state index is 0.717. The zero-order valence-electron chi connectivity index (χ0n) is 8.46. The van der Waals surface area contributed by atoms with Crippen LogP contribution < -0.4 is 0 Å². The fourth-order valence-corrected chi connectivity index (χ4v) is 2.15. The van der Waals surface area contributed by atoms with Crippen LogP contribution >= 0.6 is 11.6 Å². The number of fused-ring (bicyclic) bond motifs is 1. The molecule has 2 nitrogen and oxygen atoms in total. The molecule has 3 heteroatoms. The molecule has 0 amide bonds. The minimum Gasteiger partial charge on any atom is -0.297 e. The van der Waals surface area contributed by atoms with Crippen molar-refractivity contribution in [2.45, 2.75) is 19.9 Å². The van der Waals surface area contributed by atoms with Crippen LogP contribution in [-0.2, 0) is 13.0 Å². The second kappa shape index (κ2) is 4.28. The first-order valence-corrected chi connectivity index (χ1v) is 5.56. The van der Waals surface area contributed by atoms with Gasteiger partial charge in [0, 0.05) is 43.8 Å². The van der Waals surface area contributed by atoms with Gasteiger partial charge in [-0.25, -0.2) is 0 Å². The van der Waals surface area contributed by atoms with E-state index in [9.17, 15) is 0 Å². The Kier molecular flexibility index (Phi) is 3.04. The summed E-state index contributed by atoms with van der Waals surface area (Å²) in [6.45, 7) is 5.18. The molecule has 76 valence electrons. The lowest BCUT2D eigenvalue weighted by Crippen LogP contribution is -2.32. The normalized spacial score (nSPS) is 16.7. The number of aryl methyl sites for hydroxylation is 1. The molecule has 2 rings (SSSR count). The maximum absolute atomic E-state index is 5.74. The molecule has 2 heterocycles. The predicted molar refractivity (Wildman–Crippen MR) is 58.7 cm³/mol. The van der Waals surface area contributed by atoms with Crippen molar-refractivity contribution in [2.75, 3.05) is 19.0 Å². The largest absolute Gasteiger partial charge is 0.297 e. The Morgan fingerprint density at radius 2 is 2.43 bits per heavy atom. The fraction of sp³-hybridized carbons (Fsp3) is 0.545. The minimum absolute atomic E-state index is 0.717. The van der Waals surface area contributed by atoms with Gasteiger partial charge in [-0.1, -0.05) is 6.07 Å². The third-order valence-electron chi connectivity index (χ3n) is 2.66. The van der Waals surface area contributed by atoms with E-state index >= 15 is 0 Å². The first kappa shape index (κ1) is 9.94. The second-order valence-corrected chi connectivity index (χ2v) is 4.21. The van der Waals surface area contributed by atoms with Gasteiger partial charge in [-0.05, 0) is 18.1 Å². The number of rotatable bonds is 2. The maximum Gasteiger partial charge on any atom is 0.0461 e. The average molecular weight is 211 g/mol. The summed E-state index contributed by atoms with van der Waals surface area (Å²) in [5.41, 5.74) is 3.89. The van der Waals surface area contributed by atoms with Gasteiger partial charge in [-0.15, -0.1) is 11.6 Å². The van der Waals surface area contributed by atoms with Crippen molar-refractivity contribution < 1.29 is 0 Å². The molecule has 0 N–H and O–H groups in total. The highest BCUT2D eigenvalue weighted by Crippen LogP contribution is 2.17. The molecule has 0 unspecified atom stereocenters. The Hall–Kier alpha value is -0.600. The molecule has 0 spiro atoms. The lowest BCUT2D eigenvalue weighted by molar-refractivity contribution is 0.267. The van der Waals surface area contributed by atoms with E-state index in [0.29, 0.717) is 5.88 Å². The van der Waals surface area contributed by atoms with E-state index < -0.39 is 0 Å². The van der Waals surface area contributed by atoms with Crippen molar-refractivity contribution in [3.05, 3.63) is 29.1 Å². The highest BCUT2D eigenvalue weighted by atomic mass is 35.5. The van der Waals surface area contributed by atoms with E-state index in [1.165, 1.54) is 16.8 Å². The standard InChI is InChI=1S/C11H15ClN2/c1-9-6-10-8-14(5-3-12)4-2-11(10)13-7-9/h6-7H,2-5,8H2,1H3. The Morgan fingerprint density at radius 1 is 1.57 bits per heavy atom. The number of alkyl halides is 1. The van der Waals surface area contributed by atoms with Crippen molar-refractivity contribution in [1.82, 2.24) is 9.88 Å². The highest BCUT2D eigenvalue weighted by molar-refractivity contribution is 6.18. The van der Waals surface area contributed by atoms with Gasteiger partial charge < -0.3 is 0 Å². The van der Waals surface area contributed by atoms with Crippen LogP contribution in [0.15, 0.2) is 12.3 Å². The summed E-state index contributed by atoms with van der Waals surface area (Å²) >= 11 is 5.74. The van der Waals surface area contributed by atoms with Gasteiger partial charge >= 0.3 is 0 Å². The quantitative estimate of drug-likeness (QED) is 0.695. The molecule has 0 aliphatic carbocycles. The number of hydrogen-bond acceptors (Lipinski definition) is 2. The van der Waals surface area contributed by atoms with Crippen LogP contribution in [0.1, 0.15) is 16.8 Å². The average Bonchev–Trinajstić information content (AvgIpc) is 2.17. The molecule has 0 aromatic carbocycles. The van der Waals surface area contributed by atoms with E-state index in [2.05, 4.69) is 22.9 Å². The second-order valence-electron chi connectivity index (χ2n) is 3.83. The van der Waals surface area contributed by atoms with Crippen LogP contribution in [0.5, 0.6) is 0 Å². The monoisotopic (exact) mass is 210 g/mol. The van der Waals surface area contributed by atoms with Gasteiger partial charge in [0.25, 0.3) is 0 Å². The van der Waals surface area contributed by atoms with Crippen LogP contribution in [0.3, 0.4) is 0 Å². The van der Waals surface area contributed by atoms with Crippen molar-refractivity contribution >= 4 is 11.6 Å². The molecule has 0 saturated heterocycles.